The molecule has 2 aromatic carbocycles. The Bertz CT molecular complexity index is 827. The minimum absolute atomic E-state index is 0.270. The fourth-order valence-corrected chi connectivity index (χ4v) is 3.44. The fourth-order valence-electron chi connectivity index (χ4n) is 3.44. The molecule has 26 heavy (non-hydrogen) atoms. The van der Waals surface area contributed by atoms with Gasteiger partial charge in [-0.2, -0.15) is 0 Å². The third-order valence-corrected chi connectivity index (χ3v) is 4.92. The largest absolute Gasteiger partial charge is 0.415 e. The zero-order valence-electron chi connectivity index (χ0n) is 14.6. The number of aromatic nitrogens is 2. The van der Waals surface area contributed by atoms with Crippen LogP contribution in [0.3, 0.4) is 0 Å². The summed E-state index contributed by atoms with van der Waals surface area (Å²) in [5.74, 6) is 0.826. The molecule has 0 unspecified atom stereocenters. The van der Waals surface area contributed by atoms with Crippen molar-refractivity contribution in [1.29, 1.82) is 0 Å². The maximum atomic E-state index is 13.0. The zero-order valence-corrected chi connectivity index (χ0v) is 14.6. The predicted octanol–water partition coefficient (Wildman–Crippen LogP) is 0.359. The Morgan fingerprint density at radius 1 is 0.808 bits per heavy atom. The molecule has 0 spiro atoms. The van der Waals surface area contributed by atoms with E-state index in [1.165, 1.54) is 22.6 Å². The number of nitrogens with zero attached hydrogens (tertiary/aromatic N) is 2. The molecule has 0 atom stereocenters. The summed E-state index contributed by atoms with van der Waals surface area (Å²) in [6, 6.07) is 16.8. The van der Waals surface area contributed by atoms with Crippen LogP contribution in [-0.4, -0.2) is 36.4 Å². The van der Waals surface area contributed by atoms with Gasteiger partial charge < -0.3 is 14.2 Å². The van der Waals surface area contributed by atoms with E-state index in [9.17, 15) is 4.39 Å². The van der Waals surface area contributed by atoms with Crippen molar-refractivity contribution in [3.63, 3.8) is 0 Å². The summed E-state index contributed by atoms with van der Waals surface area (Å²) >= 11 is 0. The molecular weight excluding hydrogens is 331 g/mol. The summed E-state index contributed by atoms with van der Waals surface area (Å²) in [7, 11) is 0. The second kappa shape index (κ2) is 7.76. The van der Waals surface area contributed by atoms with Crippen LogP contribution in [0.25, 0.3) is 11.5 Å². The monoisotopic (exact) mass is 354 g/mol. The van der Waals surface area contributed by atoms with E-state index in [0.29, 0.717) is 11.8 Å². The Morgan fingerprint density at radius 2 is 1.46 bits per heavy atom. The molecular formula is C20H23FN4O+2. The van der Waals surface area contributed by atoms with Crippen molar-refractivity contribution in [2.75, 3.05) is 26.2 Å². The van der Waals surface area contributed by atoms with Crippen LogP contribution in [0.15, 0.2) is 59.0 Å². The number of piperazine rings is 1. The smallest absolute Gasteiger partial charge is 0.271 e. The van der Waals surface area contributed by atoms with E-state index in [4.69, 9.17) is 4.42 Å². The van der Waals surface area contributed by atoms with E-state index in [2.05, 4.69) is 40.5 Å². The van der Waals surface area contributed by atoms with Crippen LogP contribution in [0, 0.1) is 5.82 Å². The fraction of sp³-hybridized carbons (Fsp3) is 0.300. The van der Waals surface area contributed by atoms with Crippen LogP contribution in [0.2, 0.25) is 0 Å². The molecule has 2 N–H and O–H groups in total. The van der Waals surface area contributed by atoms with Gasteiger partial charge in [-0.3, -0.25) is 0 Å². The quantitative estimate of drug-likeness (QED) is 0.696. The van der Waals surface area contributed by atoms with Gasteiger partial charge in [0.1, 0.15) is 38.5 Å². The molecule has 0 radical (unpaired) electrons. The lowest BCUT2D eigenvalue weighted by Crippen LogP contribution is -3.27. The molecule has 134 valence electrons. The van der Waals surface area contributed by atoms with Crippen molar-refractivity contribution in [2.24, 2.45) is 0 Å². The highest BCUT2D eigenvalue weighted by molar-refractivity contribution is 5.51. The number of benzene rings is 2. The zero-order chi connectivity index (χ0) is 17.8. The van der Waals surface area contributed by atoms with Gasteiger partial charge in [0.2, 0.25) is 5.89 Å². The van der Waals surface area contributed by atoms with Crippen LogP contribution in [0.1, 0.15) is 11.5 Å². The van der Waals surface area contributed by atoms with Gasteiger partial charge in [-0.15, -0.1) is 10.2 Å². The lowest BCUT2D eigenvalue weighted by atomic mass is 10.2. The van der Waals surface area contributed by atoms with Gasteiger partial charge in [-0.25, -0.2) is 4.39 Å². The second-order valence-corrected chi connectivity index (χ2v) is 6.85. The van der Waals surface area contributed by atoms with E-state index in [0.717, 1.165) is 44.8 Å². The summed E-state index contributed by atoms with van der Waals surface area (Å²) in [6.07, 6.45) is 0. The first-order valence-electron chi connectivity index (χ1n) is 9.05. The third kappa shape index (κ3) is 4.15. The number of hydrogen-bond acceptors (Lipinski definition) is 3. The van der Waals surface area contributed by atoms with E-state index < -0.39 is 0 Å². The number of halogens is 1. The maximum absolute atomic E-state index is 13.0. The van der Waals surface area contributed by atoms with Crippen LogP contribution in [0.4, 0.5) is 4.39 Å². The van der Waals surface area contributed by atoms with Crippen molar-refractivity contribution in [3.05, 3.63) is 71.9 Å². The molecule has 1 aliphatic heterocycles. The normalized spacial score (nSPS) is 20.2. The van der Waals surface area contributed by atoms with E-state index in [1.54, 1.807) is 17.0 Å². The van der Waals surface area contributed by atoms with Crippen molar-refractivity contribution in [3.8, 4) is 11.5 Å². The van der Waals surface area contributed by atoms with Crippen LogP contribution >= 0.6 is 0 Å². The number of quaternary nitrogens is 2. The number of rotatable bonds is 5. The molecule has 0 bridgehead atoms. The summed E-state index contributed by atoms with van der Waals surface area (Å²) in [4.78, 5) is 3.09. The first-order valence-corrected chi connectivity index (χ1v) is 9.05. The first-order chi connectivity index (χ1) is 12.8. The SMILES string of the molecule is Fc1ccc(-c2nnc(C[NH+]3CC[NH+](Cc4ccccc4)CC3)o2)cc1. The topological polar surface area (TPSA) is 47.8 Å². The molecule has 2 heterocycles. The minimum Gasteiger partial charge on any atom is -0.415 e. The summed E-state index contributed by atoms with van der Waals surface area (Å²) < 4.78 is 18.8. The van der Waals surface area contributed by atoms with Crippen molar-refractivity contribution < 1.29 is 18.6 Å². The Balaban J connectivity index is 1.30. The molecule has 1 aromatic heterocycles. The minimum atomic E-state index is -0.270. The summed E-state index contributed by atoms with van der Waals surface area (Å²) in [5, 5.41) is 8.25. The molecule has 3 aromatic rings. The van der Waals surface area contributed by atoms with Gasteiger partial charge in [0.15, 0.2) is 6.54 Å². The van der Waals surface area contributed by atoms with Gasteiger partial charge in [0.05, 0.1) is 0 Å². The highest BCUT2D eigenvalue weighted by atomic mass is 19.1. The van der Waals surface area contributed by atoms with E-state index in [1.807, 2.05) is 0 Å². The van der Waals surface area contributed by atoms with Gasteiger partial charge in [-0.05, 0) is 24.3 Å². The molecule has 6 heteroatoms. The number of nitrogens with one attached hydrogen (secondary N) is 2. The van der Waals surface area contributed by atoms with Crippen LogP contribution < -0.4 is 9.80 Å². The molecule has 1 saturated heterocycles. The Hall–Kier alpha value is -2.57. The Labute approximate surface area is 152 Å². The highest BCUT2D eigenvalue weighted by Gasteiger charge is 2.25. The molecule has 1 fully saturated rings. The van der Waals surface area contributed by atoms with Crippen molar-refractivity contribution in [2.45, 2.75) is 13.1 Å². The molecule has 0 saturated carbocycles. The standard InChI is InChI=1S/C20H21FN4O/c21-18-8-6-17(7-9-18)20-23-22-19(26-20)15-25-12-10-24(11-13-25)14-16-4-2-1-3-5-16/h1-9H,10-15H2/p+2. The second-order valence-electron chi connectivity index (χ2n) is 6.85. The lowest BCUT2D eigenvalue weighted by Gasteiger charge is -2.28. The Morgan fingerprint density at radius 3 is 2.15 bits per heavy atom. The molecule has 1 aliphatic rings. The van der Waals surface area contributed by atoms with Gasteiger partial charge in [-0.1, -0.05) is 30.3 Å². The van der Waals surface area contributed by atoms with E-state index in [-0.39, 0.29) is 5.82 Å². The summed E-state index contributed by atoms with van der Waals surface area (Å²) in [5.41, 5.74) is 2.14. The van der Waals surface area contributed by atoms with Crippen molar-refractivity contribution in [1.82, 2.24) is 10.2 Å². The predicted molar refractivity (Wildman–Crippen MR) is 94.9 cm³/mol. The average Bonchev–Trinajstić information content (AvgIpc) is 3.13. The maximum Gasteiger partial charge on any atom is 0.271 e. The third-order valence-electron chi connectivity index (χ3n) is 4.92. The molecule has 4 rings (SSSR count). The van der Waals surface area contributed by atoms with E-state index >= 15 is 0 Å². The molecule has 0 amide bonds. The van der Waals surface area contributed by atoms with Crippen LogP contribution in [0.5, 0.6) is 0 Å². The molecule has 5 nitrogen and oxygen atoms in total. The Kier molecular flexibility index (Phi) is 5.04. The average molecular weight is 354 g/mol. The number of hydrogen-bond donors (Lipinski definition) is 2. The lowest BCUT2D eigenvalue weighted by molar-refractivity contribution is -1.02. The van der Waals surface area contributed by atoms with Crippen molar-refractivity contribution >= 4 is 0 Å². The summed E-state index contributed by atoms with van der Waals surface area (Å²) in [6.45, 7) is 6.30. The van der Waals surface area contributed by atoms with Gasteiger partial charge >= 0.3 is 0 Å². The molecule has 0 aliphatic carbocycles. The van der Waals surface area contributed by atoms with Gasteiger partial charge in [0, 0.05) is 11.1 Å². The first kappa shape index (κ1) is 16.9. The van der Waals surface area contributed by atoms with Gasteiger partial charge in [0.25, 0.3) is 5.89 Å². The van der Waals surface area contributed by atoms with Crippen LogP contribution in [-0.2, 0) is 13.1 Å². The highest BCUT2D eigenvalue weighted by Crippen LogP contribution is 2.17.